The van der Waals surface area contributed by atoms with E-state index < -0.39 is 0 Å². The van der Waals surface area contributed by atoms with Crippen LogP contribution < -0.4 is 5.32 Å². The number of hydrogen-bond donors (Lipinski definition) is 2. The second kappa shape index (κ2) is 8.08. The van der Waals surface area contributed by atoms with Crippen molar-refractivity contribution in [3.8, 4) is 0 Å². The Morgan fingerprint density at radius 2 is 2.13 bits per heavy atom. The molecule has 15 heavy (non-hydrogen) atoms. The van der Waals surface area contributed by atoms with Crippen LogP contribution in [0.5, 0.6) is 0 Å². The van der Waals surface area contributed by atoms with Gasteiger partial charge in [-0.05, 0) is 45.3 Å². The van der Waals surface area contributed by atoms with Crippen LogP contribution in [0.2, 0.25) is 0 Å². The smallest absolute Gasteiger partial charge is 0.0558 e. The summed E-state index contributed by atoms with van der Waals surface area (Å²) in [6, 6.07) is 0.693. The van der Waals surface area contributed by atoms with Crippen molar-refractivity contribution in [2.24, 2.45) is 0 Å². The van der Waals surface area contributed by atoms with E-state index in [1.165, 1.54) is 32.1 Å². The van der Waals surface area contributed by atoms with Gasteiger partial charge in [0.05, 0.1) is 6.61 Å². The van der Waals surface area contributed by atoms with Crippen molar-refractivity contribution >= 4 is 0 Å². The predicted molar refractivity (Wildman–Crippen MR) is 64.1 cm³/mol. The van der Waals surface area contributed by atoms with E-state index in [1.807, 2.05) is 0 Å². The van der Waals surface area contributed by atoms with Crippen molar-refractivity contribution in [2.45, 2.75) is 45.1 Å². The standard InChI is InChI=1S/C12H26N2O/c1-2-3-9-14(10-11-15)12-5-4-7-13-8-6-12/h12-13,15H,2-11H2,1H3. The first kappa shape index (κ1) is 12.9. The summed E-state index contributed by atoms with van der Waals surface area (Å²) in [5.41, 5.74) is 0. The highest BCUT2D eigenvalue weighted by Crippen LogP contribution is 2.13. The molecule has 1 unspecified atom stereocenters. The summed E-state index contributed by atoms with van der Waals surface area (Å²) in [4.78, 5) is 2.48. The fraction of sp³-hybridized carbons (Fsp3) is 1.00. The van der Waals surface area contributed by atoms with Crippen LogP contribution in [0.1, 0.15) is 39.0 Å². The lowest BCUT2D eigenvalue weighted by Gasteiger charge is -2.30. The molecular weight excluding hydrogens is 188 g/mol. The van der Waals surface area contributed by atoms with E-state index in [0.717, 1.165) is 26.2 Å². The third-order valence-corrected chi connectivity index (χ3v) is 3.25. The van der Waals surface area contributed by atoms with Gasteiger partial charge in [0.25, 0.3) is 0 Å². The first-order valence-electron chi connectivity index (χ1n) is 6.44. The van der Waals surface area contributed by atoms with Crippen molar-refractivity contribution in [3.05, 3.63) is 0 Å². The molecule has 0 saturated carbocycles. The molecule has 3 heteroatoms. The van der Waals surface area contributed by atoms with Crippen LogP contribution in [0.3, 0.4) is 0 Å². The largest absolute Gasteiger partial charge is 0.395 e. The van der Waals surface area contributed by atoms with Gasteiger partial charge in [0.15, 0.2) is 0 Å². The Balaban J connectivity index is 2.36. The highest BCUT2D eigenvalue weighted by Gasteiger charge is 2.18. The molecule has 0 aromatic heterocycles. The molecule has 1 heterocycles. The van der Waals surface area contributed by atoms with Crippen LogP contribution in [0.15, 0.2) is 0 Å². The van der Waals surface area contributed by atoms with Crippen LogP contribution >= 0.6 is 0 Å². The van der Waals surface area contributed by atoms with Gasteiger partial charge in [-0.3, -0.25) is 4.90 Å². The summed E-state index contributed by atoms with van der Waals surface area (Å²) >= 11 is 0. The lowest BCUT2D eigenvalue weighted by Crippen LogP contribution is -2.38. The molecule has 1 saturated heterocycles. The molecule has 3 nitrogen and oxygen atoms in total. The zero-order valence-electron chi connectivity index (χ0n) is 10.0. The Labute approximate surface area is 93.9 Å². The minimum atomic E-state index is 0.299. The molecule has 1 aliphatic heterocycles. The van der Waals surface area contributed by atoms with E-state index in [4.69, 9.17) is 5.11 Å². The van der Waals surface area contributed by atoms with Crippen molar-refractivity contribution in [2.75, 3.05) is 32.8 Å². The normalized spacial score (nSPS) is 23.0. The van der Waals surface area contributed by atoms with Crippen LogP contribution in [-0.2, 0) is 0 Å². The lowest BCUT2D eigenvalue weighted by molar-refractivity contribution is 0.139. The zero-order chi connectivity index (χ0) is 10.9. The predicted octanol–water partition coefficient (Wildman–Crippen LogP) is 1.22. The zero-order valence-corrected chi connectivity index (χ0v) is 10.0. The summed E-state index contributed by atoms with van der Waals surface area (Å²) in [5, 5.41) is 12.5. The molecule has 1 rings (SSSR count). The second-order valence-electron chi connectivity index (χ2n) is 4.45. The molecule has 2 N–H and O–H groups in total. The van der Waals surface area contributed by atoms with Gasteiger partial charge < -0.3 is 10.4 Å². The first-order chi connectivity index (χ1) is 7.38. The topological polar surface area (TPSA) is 35.5 Å². The van der Waals surface area contributed by atoms with Crippen molar-refractivity contribution in [1.29, 1.82) is 0 Å². The summed E-state index contributed by atoms with van der Waals surface area (Å²) in [6.45, 7) is 6.84. The maximum atomic E-state index is 9.08. The summed E-state index contributed by atoms with van der Waals surface area (Å²) in [5.74, 6) is 0. The monoisotopic (exact) mass is 214 g/mol. The first-order valence-corrected chi connectivity index (χ1v) is 6.44. The van der Waals surface area contributed by atoms with Gasteiger partial charge in [0, 0.05) is 12.6 Å². The molecule has 0 amide bonds. The van der Waals surface area contributed by atoms with Gasteiger partial charge >= 0.3 is 0 Å². The van der Waals surface area contributed by atoms with Crippen LogP contribution in [0, 0.1) is 0 Å². The number of nitrogens with zero attached hydrogens (tertiary/aromatic N) is 1. The molecule has 0 aromatic rings. The van der Waals surface area contributed by atoms with Gasteiger partial charge in [-0.15, -0.1) is 0 Å². The molecule has 1 atom stereocenters. The average molecular weight is 214 g/mol. The number of aliphatic hydroxyl groups is 1. The van der Waals surface area contributed by atoms with Gasteiger partial charge in [0.2, 0.25) is 0 Å². The third-order valence-electron chi connectivity index (χ3n) is 3.25. The molecular formula is C12H26N2O. The molecule has 0 bridgehead atoms. The lowest BCUT2D eigenvalue weighted by atomic mass is 10.1. The van der Waals surface area contributed by atoms with Gasteiger partial charge in [-0.1, -0.05) is 13.3 Å². The number of rotatable bonds is 6. The van der Waals surface area contributed by atoms with E-state index in [2.05, 4.69) is 17.1 Å². The van der Waals surface area contributed by atoms with Crippen molar-refractivity contribution in [1.82, 2.24) is 10.2 Å². The second-order valence-corrected chi connectivity index (χ2v) is 4.45. The Morgan fingerprint density at radius 3 is 2.87 bits per heavy atom. The minimum absolute atomic E-state index is 0.299. The molecule has 0 aromatic carbocycles. The third kappa shape index (κ3) is 4.96. The fourth-order valence-electron chi connectivity index (χ4n) is 2.33. The summed E-state index contributed by atoms with van der Waals surface area (Å²) in [7, 11) is 0. The Kier molecular flexibility index (Phi) is 6.98. The molecule has 0 radical (unpaired) electrons. The maximum absolute atomic E-state index is 9.08. The Bertz CT molecular complexity index is 145. The van der Waals surface area contributed by atoms with E-state index >= 15 is 0 Å². The average Bonchev–Trinajstić information content (AvgIpc) is 2.52. The van der Waals surface area contributed by atoms with Crippen molar-refractivity contribution in [3.63, 3.8) is 0 Å². The summed E-state index contributed by atoms with van der Waals surface area (Å²) in [6.07, 6.45) is 6.30. The fourth-order valence-corrected chi connectivity index (χ4v) is 2.33. The molecule has 0 aliphatic carbocycles. The quantitative estimate of drug-likeness (QED) is 0.698. The van der Waals surface area contributed by atoms with Crippen LogP contribution in [0.25, 0.3) is 0 Å². The molecule has 1 aliphatic rings. The SMILES string of the molecule is CCCCN(CCO)C1CCCNCC1. The number of unbranched alkanes of at least 4 members (excludes halogenated alkanes) is 1. The maximum Gasteiger partial charge on any atom is 0.0558 e. The molecule has 0 spiro atoms. The van der Waals surface area contributed by atoms with E-state index in [-0.39, 0.29) is 0 Å². The number of aliphatic hydroxyl groups excluding tert-OH is 1. The molecule has 1 fully saturated rings. The minimum Gasteiger partial charge on any atom is -0.395 e. The number of hydrogen-bond acceptors (Lipinski definition) is 3. The van der Waals surface area contributed by atoms with E-state index in [1.54, 1.807) is 0 Å². The van der Waals surface area contributed by atoms with Gasteiger partial charge in [0.1, 0.15) is 0 Å². The Hall–Kier alpha value is -0.120. The van der Waals surface area contributed by atoms with E-state index in [9.17, 15) is 0 Å². The number of nitrogens with one attached hydrogen (secondary N) is 1. The molecule has 90 valence electrons. The van der Waals surface area contributed by atoms with E-state index in [0.29, 0.717) is 12.6 Å². The van der Waals surface area contributed by atoms with Gasteiger partial charge in [-0.25, -0.2) is 0 Å². The highest BCUT2D eigenvalue weighted by atomic mass is 16.3. The summed E-state index contributed by atoms with van der Waals surface area (Å²) < 4.78 is 0. The van der Waals surface area contributed by atoms with Crippen LogP contribution in [0.4, 0.5) is 0 Å². The Morgan fingerprint density at radius 1 is 1.27 bits per heavy atom. The highest BCUT2D eigenvalue weighted by molar-refractivity contribution is 4.76. The van der Waals surface area contributed by atoms with Crippen LogP contribution in [-0.4, -0.2) is 48.8 Å². The van der Waals surface area contributed by atoms with Crippen molar-refractivity contribution < 1.29 is 5.11 Å². The van der Waals surface area contributed by atoms with Gasteiger partial charge in [-0.2, -0.15) is 0 Å².